The van der Waals surface area contributed by atoms with E-state index < -0.39 is 0 Å². The van der Waals surface area contributed by atoms with Gasteiger partial charge in [-0.1, -0.05) is 30.0 Å². The minimum absolute atomic E-state index is 0.177. The smallest absolute Gasteiger partial charge is 0.276 e. The van der Waals surface area contributed by atoms with Crippen molar-refractivity contribution in [3.8, 4) is 11.5 Å². The normalized spacial score (nSPS) is 11.2. The number of aromatic nitrogens is 3. The summed E-state index contributed by atoms with van der Waals surface area (Å²) in [6, 6.07) is 7.98. The van der Waals surface area contributed by atoms with Crippen LogP contribution >= 0.6 is 11.8 Å². The number of aromatic amines is 1. The fraction of sp³-hybridized carbons (Fsp3) is 0.231. The van der Waals surface area contributed by atoms with Gasteiger partial charge in [0.15, 0.2) is 0 Å². The molecule has 2 N–H and O–H groups in total. The summed E-state index contributed by atoms with van der Waals surface area (Å²) in [5, 5.41) is 18.4. The Kier molecular flexibility index (Phi) is 3.52. The van der Waals surface area contributed by atoms with E-state index in [0.29, 0.717) is 11.1 Å². The van der Waals surface area contributed by atoms with Crippen LogP contribution in [0.4, 0.5) is 0 Å². The predicted octanol–water partition coefficient (Wildman–Crippen LogP) is 2.69. The van der Waals surface area contributed by atoms with Gasteiger partial charge >= 0.3 is 0 Å². The fourth-order valence-electron chi connectivity index (χ4n) is 1.85. The Bertz CT molecular complexity index is 677. The minimum Gasteiger partial charge on any atom is -0.411 e. The van der Waals surface area contributed by atoms with E-state index in [1.165, 1.54) is 11.8 Å². The quantitative estimate of drug-likeness (QED) is 0.553. The summed E-state index contributed by atoms with van der Waals surface area (Å²) in [6.45, 7) is 0.177. The molecule has 0 aliphatic rings. The predicted molar refractivity (Wildman–Crippen MR) is 74.0 cm³/mol. The third-order valence-corrected chi connectivity index (χ3v) is 3.66. The Morgan fingerprint density at radius 3 is 3.05 bits per heavy atom. The first-order valence-corrected chi connectivity index (χ1v) is 7.00. The molecule has 0 saturated heterocycles. The van der Waals surface area contributed by atoms with Gasteiger partial charge < -0.3 is 14.5 Å². The molecule has 0 spiro atoms. The number of hydrogen-bond donors (Lipinski definition) is 2. The maximum atomic E-state index is 8.73. The third kappa shape index (κ3) is 2.50. The van der Waals surface area contributed by atoms with Crippen LogP contribution in [0.2, 0.25) is 0 Å². The molecule has 0 saturated carbocycles. The molecular weight excluding hydrogens is 262 g/mol. The Balaban J connectivity index is 1.86. The summed E-state index contributed by atoms with van der Waals surface area (Å²) >= 11 is 1.46. The Morgan fingerprint density at radius 2 is 2.16 bits per heavy atom. The molecule has 2 aromatic heterocycles. The number of H-pyrrole nitrogens is 1. The van der Waals surface area contributed by atoms with E-state index in [-0.39, 0.29) is 6.61 Å². The molecule has 0 atom stereocenters. The van der Waals surface area contributed by atoms with Crippen LogP contribution in [0.25, 0.3) is 22.4 Å². The molecule has 98 valence electrons. The van der Waals surface area contributed by atoms with Crippen LogP contribution in [0.5, 0.6) is 0 Å². The van der Waals surface area contributed by atoms with Crippen LogP contribution in [0.3, 0.4) is 0 Å². The van der Waals surface area contributed by atoms with E-state index in [1.807, 2.05) is 30.5 Å². The molecule has 6 heteroatoms. The highest BCUT2D eigenvalue weighted by Crippen LogP contribution is 2.29. The van der Waals surface area contributed by atoms with Gasteiger partial charge in [-0.3, -0.25) is 0 Å². The lowest BCUT2D eigenvalue weighted by Gasteiger charge is -1.93. The summed E-state index contributed by atoms with van der Waals surface area (Å²) in [5.74, 6) is 1.29. The van der Waals surface area contributed by atoms with Crippen molar-refractivity contribution >= 4 is 22.7 Å². The van der Waals surface area contributed by atoms with E-state index in [2.05, 4.69) is 15.2 Å². The van der Waals surface area contributed by atoms with Crippen LogP contribution in [0.15, 0.2) is 40.1 Å². The van der Waals surface area contributed by atoms with Crippen molar-refractivity contribution in [3.63, 3.8) is 0 Å². The molecule has 2 heterocycles. The molecule has 0 bridgehead atoms. The maximum absolute atomic E-state index is 8.73. The van der Waals surface area contributed by atoms with Crippen LogP contribution in [0, 0.1) is 0 Å². The number of nitrogens with one attached hydrogen (secondary N) is 1. The van der Waals surface area contributed by atoms with E-state index in [9.17, 15) is 0 Å². The van der Waals surface area contributed by atoms with Gasteiger partial charge in [0.2, 0.25) is 0 Å². The largest absolute Gasteiger partial charge is 0.411 e. The number of nitrogens with zero attached hydrogens (tertiary/aromatic N) is 2. The molecule has 19 heavy (non-hydrogen) atoms. The van der Waals surface area contributed by atoms with Gasteiger partial charge in [-0.25, -0.2) is 0 Å². The number of aliphatic hydroxyl groups excluding tert-OH is 1. The van der Waals surface area contributed by atoms with Crippen molar-refractivity contribution in [1.29, 1.82) is 0 Å². The first-order chi connectivity index (χ1) is 9.38. The van der Waals surface area contributed by atoms with E-state index >= 15 is 0 Å². The standard InChI is InChI=1S/C13H13N3O2S/c17-6-3-7-19-13-16-15-12(18-13)10-8-14-11-5-2-1-4-9(10)11/h1-2,4-5,8,14,17H,3,6-7H2. The Hall–Kier alpha value is -1.79. The zero-order chi connectivity index (χ0) is 13.1. The number of aliphatic hydroxyl groups is 1. The molecular formula is C13H13N3O2S. The molecule has 0 aliphatic heterocycles. The summed E-state index contributed by atoms with van der Waals surface area (Å²) in [4.78, 5) is 3.18. The molecule has 5 nitrogen and oxygen atoms in total. The molecule has 0 radical (unpaired) electrons. The van der Waals surface area contributed by atoms with Crippen molar-refractivity contribution in [2.75, 3.05) is 12.4 Å². The van der Waals surface area contributed by atoms with Gasteiger partial charge in [0.05, 0.1) is 5.56 Å². The molecule has 0 unspecified atom stereocenters. The van der Waals surface area contributed by atoms with Gasteiger partial charge in [-0.15, -0.1) is 10.2 Å². The lowest BCUT2D eigenvalue weighted by molar-refractivity contribution is 0.296. The number of rotatable bonds is 5. The number of fused-ring (bicyclic) bond motifs is 1. The monoisotopic (exact) mass is 275 g/mol. The maximum Gasteiger partial charge on any atom is 0.276 e. The van der Waals surface area contributed by atoms with Gasteiger partial charge in [-0.2, -0.15) is 0 Å². The van der Waals surface area contributed by atoms with E-state index in [0.717, 1.165) is 28.6 Å². The second-order valence-electron chi connectivity index (χ2n) is 4.05. The van der Waals surface area contributed by atoms with Crippen LogP contribution in [-0.2, 0) is 0 Å². The van der Waals surface area contributed by atoms with Crippen LogP contribution in [-0.4, -0.2) is 32.6 Å². The number of thioether (sulfide) groups is 1. The third-order valence-electron chi connectivity index (χ3n) is 2.75. The van der Waals surface area contributed by atoms with Crippen molar-refractivity contribution < 1.29 is 9.52 Å². The molecule has 1 aromatic carbocycles. The first-order valence-electron chi connectivity index (χ1n) is 6.02. The number of hydrogen-bond acceptors (Lipinski definition) is 5. The lowest BCUT2D eigenvalue weighted by atomic mass is 10.2. The van der Waals surface area contributed by atoms with Crippen LogP contribution < -0.4 is 0 Å². The molecule has 0 aliphatic carbocycles. The summed E-state index contributed by atoms with van der Waals surface area (Å²) in [6.07, 6.45) is 2.59. The SMILES string of the molecule is OCCCSc1nnc(-c2c[nH]c3ccccc23)o1. The van der Waals surface area contributed by atoms with Gasteiger partial charge in [0.1, 0.15) is 0 Å². The van der Waals surface area contributed by atoms with Crippen molar-refractivity contribution in [1.82, 2.24) is 15.2 Å². The Morgan fingerprint density at radius 1 is 1.26 bits per heavy atom. The van der Waals surface area contributed by atoms with Gasteiger partial charge in [0.25, 0.3) is 11.1 Å². The van der Waals surface area contributed by atoms with Crippen molar-refractivity contribution in [2.45, 2.75) is 11.6 Å². The second kappa shape index (κ2) is 5.46. The highest BCUT2D eigenvalue weighted by atomic mass is 32.2. The summed E-state index contributed by atoms with van der Waals surface area (Å²) < 4.78 is 5.62. The first kappa shape index (κ1) is 12.3. The lowest BCUT2D eigenvalue weighted by Crippen LogP contribution is -1.85. The minimum atomic E-state index is 0.177. The number of benzene rings is 1. The van der Waals surface area contributed by atoms with Gasteiger partial charge in [-0.05, 0) is 12.5 Å². The summed E-state index contributed by atoms with van der Waals surface area (Å²) in [7, 11) is 0. The van der Waals surface area contributed by atoms with Crippen LogP contribution in [0.1, 0.15) is 6.42 Å². The topological polar surface area (TPSA) is 74.9 Å². The van der Waals surface area contributed by atoms with Crippen molar-refractivity contribution in [2.24, 2.45) is 0 Å². The number of para-hydroxylation sites is 1. The van der Waals surface area contributed by atoms with Crippen molar-refractivity contribution in [3.05, 3.63) is 30.5 Å². The fourth-order valence-corrected chi connectivity index (χ4v) is 2.53. The second-order valence-corrected chi connectivity index (χ2v) is 5.09. The average Bonchev–Trinajstić information content (AvgIpc) is 3.05. The zero-order valence-corrected chi connectivity index (χ0v) is 11.0. The molecule has 0 amide bonds. The molecule has 3 aromatic rings. The van der Waals surface area contributed by atoms with E-state index in [1.54, 1.807) is 0 Å². The van der Waals surface area contributed by atoms with E-state index in [4.69, 9.17) is 9.52 Å². The molecule has 0 fully saturated rings. The zero-order valence-electron chi connectivity index (χ0n) is 10.2. The Labute approximate surface area is 114 Å². The molecule has 3 rings (SSSR count). The van der Waals surface area contributed by atoms with Gasteiger partial charge in [0, 0.05) is 29.5 Å². The average molecular weight is 275 g/mol. The highest BCUT2D eigenvalue weighted by molar-refractivity contribution is 7.99. The highest BCUT2D eigenvalue weighted by Gasteiger charge is 2.12. The summed E-state index contributed by atoms with van der Waals surface area (Å²) in [5.41, 5.74) is 1.96.